The Morgan fingerprint density at radius 3 is 2.60 bits per heavy atom. The van der Waals surface area contributed by atoms with Crippen LogP contribution in [-0.2, 0) is 6.18 Å². The molecule has 0 spiro atoms. The molecule has 0 aliphatic rings. The van der Waals surface area contributed by atoms with Gasteiger partial charge in [0, 0.05) is 11.1 Å². The fraction of sp³-hybridized carbons (Fsp3) is 0.0870. The Morgan fingerprint density at radius 1 is 1.03 bits per heavy atom. The first kappa shape index (κ1) is 22.5. The van der Waals surface area contributed by atoms with Crippen molar-refractivity contribution in [2.24, 2.45) is 0 Å². The van der Waals surface area contributed by atoms with E-state index in [-0.39, 0.29) is 11.6 Å². The highest BCUT2D eigenvalue weighted by molar-refractivity contribution is 6.30. The number of rotatable bonds is 4. The minimum atomic E-state index is -4.68. The van der Waals surface area contributed by atoms with E-state index in [9.17, 15) is 18.0 Å². The number of aryl methyl sites for hydroxylation is 1. The van der Waals surface area contributed by atoms with Crippen molar-refractivity contribution >= 4 is 34.4 Å². The van der Waals surface area contributed by atoms with Crippen molar-refractivity contribution in [3.8, 4) is 11.5 Å². The highest BCUT2D eigenvalue weighted by atomic mass is 35.5. The van der Waals surface area contributed by atoms with Crippen LogP contribution in [0.3, 0.4) is 0 Å². The highest BCUT2D eigenvalue weighted by Gasteiger charge is 2.35. The average Bonchev–Trinajstić information content (AvgIpc) is 3.41. The number of alkyl halides is 3. The van der Waals surface area contributed by atoms with Crippen LogP contribution in [-0.4, -0.2) is 35.4 Å². The highest BCUT2D eigenvalue weighted by Crippen LogP contribution is 2.32. The van der Waals surface area contributed by atoms with E-state index in [1.807, 2.05) is 6.07 Å². The van der Waals surface area contributed by atoms with Gasteiger partial charge in [-0.05, 0) is 37.3 Å². The van der Waals surface area contributed by atoms with Gasteiger partial charge >= 0.3 is 6.18 Å². The lowest BCUT2D eigenvalue weighted by molar-refractivity contribution is -0.137. The average molecular weight is 498 g/mol. The molecule has 8 nitrogen and oxygen atoms in total. The maximum Gasteiger partial charge on any atom is 0.417 e. The predicted molar refractivity (Wildman–Crippen MR) is 123 cm³/mol. The molecule has 2 aromatic carbocycles. The van der Waals surface area contributed by atoms with E-state index in [0.717, 1.165) is 12.1 Å². The third-order valence-electron chi connectivity index (χ3n) is 5.15. The molecule has 5 rings (SSSR count). The van der Waals surface area contributed by atoms with Crippen molar-refractivity contribution in [2.45, 2.75) is 13.1 Å². The van der Waals surface area contributed by atoms with Crippen molar-refractivity contribution in [3.05, 3.63) is 89.0 Å². The number of hydrogen-bond donors (Lipinski definition) is 1. The molecule has 1 amide bonds. The number of amides is 1. The molecule has 3 aromatic heterocycles. The summed E-state index contributed by atoms with van der Waals surface area (Å²) in [5.41, 5.74) is 0.0918. The number of fused-ring (bicyclic) bond motifs is 1. The first-order valence-electron chi connectivity index (χ1n) is 10.2. The predicted octanol–water partition coefficient (Wildman–Crippen LogP) is 5.23. The SMILES string of the molecule is Cc1cc(NC(=O)c2ccccc2C(F)(F)F)n(-c2ncnc3c2cnn3-c2cccc(Cl)c2)n1. The molecule has 0 bridgehead atoms. The summed E-state index contributed by atoms with van der Waals surface area (Å²) >= 11 is 6.10. The maximum absolute atomic E-state index is 13.4. The first-order valence-corrected chi connectivity index (χ1v) is 10.6. The van der Waals surface area contributed by atoms with Crippen LogP contribution in [0.1, 0.15) is 21.6 Å². The summed E-state index contributed by atoms with van der Waals surface area (Å²) in [4.78, 5) is 21.4. The molecule has 176 valence electrons. The van der Waals surface area contributed by atoms with Gasteiger partial charge in [-0.3, -0.25) is 4.79 Å². The molecule has 35 heavy (non-hydrogen) atoms. The molecule has 0 aliphatic carbocycles. The van der Waals surface area contributed by atoms with Crippen LogP contribution in [0.25, 0.3) is 22.5 Å². The Kier molecular flexibility index (Phi) is 5.48. The normalized spacial score (nSPS) is 11.7. The second-order valence-corrected chi connectivity index (χ2v) is 7.99. The molecular formula is C23H15ClF3N7O. The van der Waals surface area contributed by atoms with E-state index in [1.54, 1.807) is 29.8 Å². The van der Waals surface area contributed by atoms with Crippen molar-refractivity contribution < 1.29 is 18.0 Å². The molecule has 0 unspecified atom stereocenters. The van der Waals surface area contributed by atoms with Crippen LogP contribution >= 0.6 is 11.6 Å². The minimum absolute atomic E-state index is 0.139. The Bertz CT molecular complexity index is 1580. The second kappa shape index (κ2) is 8.51. The monoisotopic (exact) mass is 497 g/mol. The molecule has 1 N–H and O–H groups in total. The lowest BCUT2D eigenvalue weighted by atomic mass is 10.1. The number of nitrogens with one attached hydrogen (secondary N) is 1. The Hall–Kier alpha value is -4.25. The number of carbonyl (C=O) groups is 1. The molecule has 0 aliphatic heterocycles. The molecule has 0 saturated heterocycles. The van der Waals surface area contributed by atoms with Gasteiger partial charge < -0.3 is 5.32 Å². The quantitative estimate of drug-likeness (QED) is 0.367. The van der Waals surface area contributed by atoms with E-state index in [4.69, 9.17) is 11.6 Å². The molecule has 12 heteroatoms. The fourth-order valence-corrected chi connectivity index (χ4v) is 3.84. The summed E-state index contributed by atoms with van der Waals surface area (Å²) in [6.07, 6.45) is -1.84. The standard InChI is InChI=1S/C23H15ClF3N7O/c1-13-9-19(31-22(35)16-7-2-3-8-18(16)23(25,26)27)34(32-13)21-17-11-30-33(20(17)28-12-29-21)15-6-4-5-14(24)10-15/h2-12H,1H3,(H,31,35). The molecule has 5 aromatic rings. The van der Waals surface area contributed by atoms with Crippen LogP contribution in [0.4, 0.5) is 19.0 Å². The smallest absolute Gasteiger partial charge is 0.306 e. The van der Waals surface area contributed by atoms with E-state index in [1.165, 1.54) is 35.4 Å². The Labute approximate surface area is 201 Å². The van der Waals surface area contributed by atoms with Crippen molar-refractivity contribution in [1.82, 2.24) is 29.5 Å². The molecule has 0 radical (unpaired) electrons. The van der Waals surface area contributed by atoms with Gasteiger partial charge in [-0.15, -0.1) is 0 Å². The second-order valence-electron chi connectivity index (χ2n) is 7.55. The van der Waals surface area contributed by atoms with E-state index < -0.39 is 23.2 Å². The Morgan fingerprint density at radius 2 is 1.83 bits per heavy atom. The van der Waals surface area contributed by atoms with Gasteiger partial charge in [0.15, 0.2) is 11.5 Å². The van der Waals surface area contributed by atoms with E-state index >= 15 is 0 Å². The Balaban J connectivity index is 1.57. The lowest BCUT2D eigenvalue weighted by Crippen LogP contribution is -2.20. The number of nitrogens with zero attached hydrogens (tertiary/aromatic N) is 6. The molecule has 3 heterocycles. The van der Waals surface area contributed by atoms with Crippen LogP contribution in [0.15, 0.2) is 67.1 Å². The molecule has 0 saturated carbocycles. The summed E-state index contributed by atoms with van der Waals surface area (Å²) in [6, 6.07) is 13.1. The summed E-state index contributed by atoms with van der Waals surface area (Å²) in [5, 5.41) is 12.3. The third-order valence-corrected chi connectivity index (χ3v) is 5.38. The minimum Gasteiger partial charge on any atom is -0.306 e. The van der Waals surface area contributed by atoms with Gasteiger partial charge in [0.2, 0.25) is 0 Å². The molecule has 0 atom stereocenters. The molecule has 0 fully saturated rings. The maximum atomic E-state index is 13.4. The zero-order chi connectivity index (χ0) is 24.7. The van der Waals surface area contributed by atoms with Gasteiger partial charge in [-0.25, -0.2) is 14.6 Å². The van der Waals surface area contributed by atoms with Crippen LogP contribution in [0, 0.1) is 6.92 Å². The van der Waals surface area contributed by atoms with Crippen molar-refractivity contribution in [3.63, 3.8) is 0 Å². The summed E-state index contributed by atoms with van der Waals surface area (Å²) in [6.45, 7) is 1.68. The number of anilines is 1. The van der Waals surface area contributed by atoms with E-state index in [2.05, 4.69) is 25.5 Å². The van der Waals surface area contributed by atoms with Gasteiger partial charge in [0.1, 0.15) is 12.1 Å². The molecular weight excluding hydrogens is 483 g/mol. The van der Waals surface area contributed by atoms with Crippen molar-refractivity contribution in [1.29, 1.82) is 0 Å². The van der Waals surface area contributed by atoms with Gasteiger partial charge in [-0.1, -0.05) is 29.8 Å². The number of carbonyl (C=O) groups excluding carboxylic acids is 1. The van der Waals surface area contributed by atoms with Crippen LogP contribution in [0.5, 0.6) is 0 Å². The number of aromatic nitrogens is 6. The fourth-order valence-electron chi connectivity index (χ4n) is 3.66. The summed E-state index contributed by atoms with van der Waals surface area (Å²) in [7, 11) is 0. The zero-order valence-corrected chi connectivity index (χ0v) is 18.7. The van der Waals surface area contributed by atoms with E-state index in [0.29, 0.717) is 27.4 Å². The van der Waals surface area contributed by atoms with Crippen molar-refractivity contribution in [2.75, 3.05) is 5.32 Å². The largest absolute Gasteiger partial charge is 0.417 e. The number of hydrogen-bond acceptors (Lipinski definition) is 5. The van der Waals surface area contributed by atoms with Gasteiger partial charge in [0.05, 0.1) is 34.1 Å². The summed E-state index contributed by atoms with van der Waals surface area (Å²) in [5.74, 6) is -0.505. The number of benzene rings is 2. The van der Waals surface area contributed by atoms with Crippen LogP contribution < -0.4 is 5.32 Å². The zero-order valence-electron chi connectivity index (χ0n) is 18.0. The third kappa shape index (κ3) is 4.21. The number of halogens is 4. The lowest BCUT2D eigenvalue weighted by Gasteiger charge is -2.13. The first-order chi connectivity index (χ1) is 16.7. The van der Waals surface area contributed by atoms with Gasteiger partial charge in [-0.2, -0.15) is 28.1 Å². The summed E-state index contributed by atoms with van der Waals surface area (Å²) < 4.78 is 43.1. The topological polar surface area (TPSA) is 90.5 Å². The van der Waals surface area contributed by atoms with Gasteiger partial charge in [0.25, 0.3) is 5.91 Å². The van der Waals surface area contributed by atoms with Crippen LogP contribution in [0.2, 0.25) is 5.02 Å².